The second kappa shape index (κ2) is 6.91. The summed E-state index contributed by atoms with van der Waals surface area (Å²) >= 11 is 0. The molecule has 0 aromatic heterocycles. The second-order valence-corrected chi connectivity index (χ2v) is 6.21. The first-order valence-electron chi connectivity index (χ1n) is 8.17. The molecule has 1 atom stereocenters. The minimum atomic E-state index is 0.522. The fourth-order valence-electron chi connectivity index (χ4n) is 3.31. The second-order valence-electron chi connectivity index (χ2n) is 6.21. The summed E-state index contributed by atoms with van der Waals surface area (Å²) in [6.45, 7) is 4.65. The summed E-state index contributed by atoms with van der Waals surface area (Å²) in [6, 6.07) is 20.6. The zero-order valence-electron chi connectivity index (χ0n) is 13.0. The molecule has 0 spiro atoms. The predicted octanol–water partition coefficient (Wildman–Crippen LogP) is 4.76. The third-order valence-corrected chi connectivity index (χ3v) is 4.57. The van der Waals surface area contributed by atoms with Gasteiger partial charge in [-0.2, -0.15) is 0 Å². The number of rotatable bonds is 4. The van der Waals surface area contributed by atoms with E-state index in [1.165, 1.54) is 49.0 Å². The fourth-order valence-corrected chi connectivity index (χ4v) is 3.31. The third kappa shape index (κ3) is 3.74. The molecule has 0 unspecified atom stereocenters. The van der Waals surface area contributed by atoms with Crippen LogP contribution in [0.15, 0.2) is 54.6 Å². The van der Waals surface area contributed by atoms with E-state index in [-0.39, 0.29) is 0 Å². The van der Waals surface area contributed by atoms with Crippen LogP contribution in [0.1, 0.15) is 42.0 Å². The number of piperidine rings is 1. The van der Waals surface area contributed by atoms with Crippen molar-refractivity contribution in [2.24, 2.45) is 0 Å². The molecule has 1 heterocycles. The highest BCUT2D eigenvalue weighted by molar-refractivity contribution is 5.27. The molecule has 0 aliphatic carbocycles. The Bertz CT molecular complexity index is 538. The van der Waals surface area contributed by atoms with Gasteiger partial charge in [-0.25, -0.2) is 0 Å². The van der Waals surface area contributed by atoms with E-state index in [2.05, 4.69) is 66.4 Å². The Morgan fingerprint density at radius 3 is 2.19 bits per heavy atom. The summed E-state index contributed by atoms with van der Waals surface area (Å²) in [5.74, 6) is 0. The highest BCUT2D eigenvalue weighted by atomic mass is 15.2. The molecule has 1 fully saturated rings. The molecule has 3 rings (SSSR count). The molecule has 1 aliphatic heterocycles. The number of likely N-dealkylation sites (tertiary alicyclic amines) is 1. The Kier molecular flexibility index (Phi) is 4.72. The van der Waals surface area contributed by atoms with Crippen LogP contribution in [0.4, 0.5) is 0 Å². The fraction of sp³-hybridized carbons (Fsp3) is 0.400. The summed E-state index contributed by atoms with van der Waals surface area (Å²) in [5.41, 5.74) is 4.25. The van der Waals surface area contributed by atoms with Crippen molar-refractivity contribution in [1.82, 2.24) is 4.90 Å². The van der Waals surface area contributed by atoms with Gasteiger partial charge in [0.25, 0.3) is 0 Å². The van der Waals surface area contributed by atoms with E-state index in [0.717, 1.165) is 6.42 Å². The van der Waals surface area contributed by atoms with Gasteiger partial charge < -0.3 is 0 Å². The van der Waals surface area contributed by atoms with Crippen molar-refractivity contribution in [1.29, 1.82) is 0 Å². The van der Waals surface area contributed by atoms with Crippen molar-refractivity contribution >= 4 is 0 Å². The number of aryl methyl sites for hydroxylation is 1. The van der Waals surface area contributed by atoms with Crippen molar-refractivity contribution < 1.29 is 0 Å². The molecule has 0 radical (unpaired) electrons. The minimum Gasteiger partial charge on any atom is -0.296 e. The Morgan fingerprint density at radius 1 is 0.857 bits per heavy atom. The van der Waals surface area contributed by atoms with Gasteiger partial charge in [-0.1, -0.05) is 66.6 Å². The molecule has 2 aromatic rings. The standard InChI is InChI=1S/C20H25N/c1-17-10-12-19(13-11-17)20(21-14-6-3-7-15-21)16-18-8-4-2-5-9-18/h2,4-5,8-13,20H,3,6-7,14-16H2,1H3/t20-/m1/s1. The van der Waals surface area contributed by atoms with Gasteiger partial charge in [0.1, 0.15) is 0 Å². The highest BCUT2D eigenvalue weighted by Gasteiger charge is 2.22. The maximum Gasteiger partial charge on any atom is 0.0388 e. The first-order valence-corrected chi connectivity index (χ1v) is 8.17. The van der Waals surface area contributed by atoms with E-state index in [9.17, 15) is 0 Å². The zero-order valence-corrected chi connectivity index (χ0v) is 13.0. The van der Waals surface area contributed by atoms with E-state index in [0.29, 0.717) is 6.04 Å². The van der Waals surface area contributed by atoms with Crippen molar-refractivity contribution in [2.45, 2.75) is 38.6 Å². The van der Waals surface area contributed by atoms with Gasteiger partial charge in [0.15, 0.2) is 0 Å². The molecule has 110 valence electrons. The van der Waals surface area contributed by atoms with Crippen LogP contribution in [0.25, 0.3) is 0 Å². The van der Waals surface area contributed by atoms with Crippen LogP contribution in [0, 0.1) is 6.92 Å². The van der Waals surface area contributed by atoms with E-state index >= 15 is 0 Å². The number of hydrogen-bond acceptors (Lipinski definition) is 1. The minimum absolute atomic E-state index is 0.522. The lowest BCUT2D eigenvalue weighted by atomic mass is 9.95. The summed E-state index contributed by atoms with van der Waals surface area (Å²) in [6.07, 6.45) is 5.20. The van der Waals surface area contributed by atoms with Gasteiger partial charge in [-0.05, 0) is 50.4 Å². The molecule has 21 heavy (non-hydrogen) atoms. The first-order chi connectivity index (χ1) is 10.3. The number of benzene rings is 2. The molecule has 0 N–H and O–H groups in total. The van der Waals surface area contributed by atoms with Crippen LogP contribution in [-0.4, -0.2) is 18.0 Å². The predicted molar refractivity (Wildman–Crippen MR) is 89.5 cm³/mol. The summed E-state index contributed by atoms with van der Waals surface area (Å²) in [7, 11) is 0. The molecular weight excluding hydrogens is 254 g/mol. The zero-order chi connectivity index (χ0) is 14.5. The highest BCUT2D eigenvalue weighted by Crippen LogP contribution is 2.28. The Morgan fingerprint density at radius 2 is 1.52 bits per heavy atom. The Labute approximate surface area is 128 Å². The maximum absolute atomic E-state index is 2.68. The van der Waals surface area contributed by atoms with Crippen LogP contribution in [0.5, 0.6) is 0 Å². The van der Waals surface area contributed by atoms with Gasteiger partial charge in [-0.15, -0.1) is 0 Å². The van der Waals surface area contributed by atoms with Gasteiger partial charge in [0, 0.05) is 6.04 Å². The molecule has 1 aliphatic rings. The third-order valence-electron chi connectivity index (χ3n) is 4.57. The Balaban J connectivity index is 1.84. The number of hydrogen-bond donors (Lipinski definition) is 0. The lowest BCUT2D eigenvalue weighted by Gasteiger charge is -2.35. The molecule has 0 saturated carbocycles. The lowest BCUT2D eigenvalue weighted by molar-refractivity contribution is 0.162. The van der Waals surface area contributed by atoms with Crippen molar-refractivity contribution in [3.05, 3.63) is 71.3 Å². The Hall–Kier alpha value is -1.60. The van der Waals surface area contributed by atoms with Gasteiger partial charge >= 0.3 is 0 Å². The summed E-state index contributed by atoms with van der Waals surface area (Å²) in [4.78, 5) is 2.68. The van der Waals surface area contributed by atoms with Crippen LogP contribution in [0.2, 0.25) is 0 Å². The molecular formula is C20H25N. The van der Waals surface area contributed by atoms with E-state index in [4.69, 9.17) is 0 Å². The van der Waals surface area contributed by atoms with E-state index < -0.39 is 0 Å². The quantitative estimate of drug-likeness (QED) is 0.779. The van der Waals surface area contributed by atoms with E-state index in [1.807, 2.05) is 0 Å². The van der Waals surface area contributed by atoms with Crippen LogP contribution < -0.4 is 0 Å². The van der Waals surface area contributed by atoms with Gasteiger partial charge in [0.05, 0.1) is 0 Å². The van der Waals surface area contributed by atoms with Crippen LogP contribution >= 0.6 is 0 Å². The number of nitrogens with zero attached hydrogens (tertiary/aromatic N) is 1. The van der Waals surface area contributed by atoms with E-state index in [1.54, 1.807) is 0 Å². The van der Waals surface area contributed by atoms with Gasteiger partial charge in [-0.3, -0.25) is 4.90 Å². The van der Waals surface area contributed by atoms with Crippen molar-refractivity contribution in [2.75, 3.05) is 13.1 Å². The van der Waals surface area contributed by atoms with Crippen LogP contribution in [-0.2, 0) is 6.42 Å². The molecule has 1 saturated heterocycles. The first kappa shape index (κ1) is 14.3. The SMILES string of the molecule is Cc1ccc([C@@H](Cc2ccccc2)N2CCCCC2)cc1. The molecule has 1 heteroatoms. The summed E-state index contributed by atoms with van der Waals surface area (Å²) in [5, 5.41) is 0. The maximum atomic E-state index is 2.68. The van der Waals surface area contributed by atoms with Crippen molar-refractivity contribution in [3.63, 3.8) is 0 Å². The van der Waals surface area contributed by atoms with Crippen LogP contribution in [0.3, 0.4) is 0 Å². The average Bonchev–Trinajstić information content (AvgIpc) is 2.55. The molecule has 0 amide bonds. The van der Waals surface area contributed by atoms with Gasteiger partial charge in [0.2, 0.25) is 0 Å². The largest absolute Gasteiger partial charge is 0.296 e. The van der Waals surface area contributed by atoms with Crippen molar-refractivity contribution in [3.8, 4) is 0 Å². The topological polar surface area (TPSA) is 3.24 Å². The molecule has 2 aromatic carbocycles. The molecule has 1 nitrogen and oxygen atoms in total. The molecule has 0 bridgehead atoms. The normalized spacial score (nSPS) is 17.6. The smallest absolute Gasteiger partial charge is 0.0388 e. The average molecular weight is 279 g/mol. The lowest BCUT2D eigenvalue weighted by Crippen LogP contribution is -2.34. The monoisotopic (exact) mass is 279 g/mol. The summed E-state index contributed by atoms with van der Waals surface area (Å²) < 4.78 is 0.